The molecule has 1 heterocycles. The van der Waals surface area contributed by atoms with Crippen LogP contribution in [-0.2, 0) is 9.59 Å². The average Bonchev–Trinajstić information content (AvgIpc) is 2.60. The molecule has 8 nitrogen and oxygen atoms in total. The fourth-order valence-electron chi connectivity index (χ4n) is 3.05. The molecule has 8 heteroatoms. The van der Waals surface area contributed by atoms with Crippen LogP contribution in [0.2, 0.25) is 0 Å². The Morgan fingerprint density at radius 1 is 1.23 bits per heavy atom. The SMILES string of the molecule is CCOc1cc(C(=O)N2CCCC[C@@H]2CC(N)=O)ccc1OCC(=O)O. The van der Waals surface area contributed by atoms with Crippen LogP contribution in [0.5, 0.6) is 11.5 Å². The van der Waals surface area contributed by atoms with Crippen molar-refractivity contribution in [2.24, 2.45) is 5.73 Å². The molecular weight excluding hydrogens is 340 g/mol. The summed E-state index contributed by atoms with van der Waals surface area (Å²) in [7, 11) is 0. The summed E-state index contributed by atoms with van der Waals surface area (Å²) in [5, 5.41) is 8.75. The number of likely N-dealkylation sites (tertiary alicyclic amines) is 1. The summed E-state index contributed by atoms with van der Waals surface area (Å²) in [6, 6.07) is 4.43. The molecule has 2 rings (SSSR count). The molecule has 142 valence electrons. The van der Waals surface area contributed by atoms with Crippen LogP contribution in [0.4, 0.5) is 0 Å². The summed E-state index contributed by atoms with van der Waals surface area (Å²) in [5.41, 5.74) is 5.70. The lowest BCUT2D eigenvalue weighted by Crippen LogP contribution is -2.45. The van der Waals surface area contributed by atoms with Gasteiger partial charge in [-0.3, -0.25) is 9.59 Å². The first-order valence-corrected chi connectivity index (χ1v) is 8.63. The van der Waals surface area contributed by atoms with E-state index < -0.39 is 18.5 Å². The largest absolute Gasteiger partial charge is 0.490 e. The summed E-state index contributed by atoms with van der Waals surface area (Å²) in [6.45, 7) is 2.19. The van der Waals surface area contributed by atoms with Crippen molar-refractivity contribution in [2.45, 2.75) is 38.6 Å². The van der Waals surface area contributed by atoms with Gasteiger partial charge in [-0.2, -0.15) is 0 Å². The first kappa shape index (κ1) is 19.6. The maximum atomic E-state index is 12.9. The van der Waals surface area contributed by atoms with Gasteiger partial charge in [0.15, 0.2) is 18.1 Å². The third kappa shape index (κ3) is 5.11. The number of hydrogen-bond acceptors (Lipinski definition) is 5. The van der Waals surface area contributed by atoms with Crippen LogP contribution >= 0.6 is 0 Å². The number of hydrogen-bond donors (Lipinski definition) is 2. The smallest absolute Gasteiger partial charge is 0.341 e. The van der Waals surface area contributed by atoms with Crippen LogP contribution in [0.25, 0.3) is 0 Å². The van der Waals surface area contributed by atoms with E-state index in [1.165, 1.54) is 6.07 Å². The minimum Gasteiger partial charge on any atom is -0.490 e. The predicted molar refractivity (Wildman–Crippen MR) is 93.2 cm³/mol. The zero-order chi connectivity index (χ0) is 19.1. The molecule has 1 atom stereocenters. The van der Waals surface area contributed by atoms with Crippen molar-refractivity contribution in [2.75, 3.05) is 19.8 Å². The fourth-order valence-corrected chi connectivity index (χ4v) is 3.05. The molecule has 1 aliphatic rings. The maximum absolute atomic E-state index is 12.9. The van der Waals surface area contributed by atoms with E-state index in [0.29, 0.717) is 24.5 Å². The number of aliphatic carboxylic acids is 1. The molecule has 0 bridgehead atoms. The van der Waals surface area contributed by atoms with Crippen LogP contribution in [0, 0.1) is 0 Å². The summed E-state index contributed by atoms with van der Waals surface area (Å²) in [6.07, 6.45) is 2.71. The van der Waals surface area contributed by atoms with E-state index >= 15 is 0 Å². The van der Waals surface area contributed by atoms with Gasteiger partial charge in [-0.15, -0.1) is 0 Å². The molecule has 26 heavy (non-hydrogen) atoms. The van der Waals surface area contributed by atoms with Crippen molar-refractivity contribution in [1.29, 1.82) is 0 Å². The van der Waals surface area contributed by atoms with Crippen LogP contribution in [-0.4, -0.2) is 53.6 Å². The Balaban J connectivity index is 2.22. The predicted octanol–water partition coefficient (Wildman–Crippen LogP) is 1.42. The second-order valence-corrected chi connectivity index (χ2v) is 6.10. The molecule has 1 aromatic carbocycles. The molecule has 2 amide bonds. The Hall–Kier alpha value is -2.77. The van der Waals surface area contributed by atoms with Gasteiger partial charge in [0.1, 0.15) is 0 Å². The Morgan fingerprint density at radius 2 is 2.00 bits per heavy atom. The van der Waals surface area contributed by atoms with E-state index in [4.69, 9.17) is 20.3 Å². The van der Waals surface area contributed by atoms with Crippen molar-refractivity contribution >= 4 is 17.8 Å². The number of carboxylic acids is 1. The molecule has 1 saturated heterocycles. The first-order valence-electron chi connectivity index (χ1n) is 8.63. The lowest BCUT2D eigenvalue weighted by molar-refractivity contribution is -0.139. The number of ether oxygens (including phenoxy) is 2. The van der Waals surface area contributed by atoms with Gasteiger partial charge in [0.25, 0.3) is 5.91 Å². The first-order chi connectivity index (χ1) is 12.4. The quantitative estimate of drug-likeness (QED) is 0.720. The zero-order valence-corrected chi connectivity index (χ0v) is 14.8. The van der Waals surface area contributed by atoms with Gasteiger partial charge in [-0.25, -0.2) is 4.79 Å². The lowest BCUT2D eigenvalue weighted by Gasteiger charge is -2.35. The Bertz CT molecular complexity index is 676. The van der Waals surface area contributed by atoms with Gasteiger partial charge in [-0.05, 0) is 44.4 Å². The number of nitrogens with zero attached hydrogens (tertiary/aromatic N) is 1. The van der Waals surface area contributed by atoms with Gasteiger partial charge < -0.3 is 25.2 Å². The summed E-state index contributed by atoms with van der Waals surface area (Å²) in [4.78, 5) is 36.6. The lowest BCUT2D eigenvalue weighted by atomic mass is 9.98. The molecule has 0 saturated carbocycles. The second kappa shape index (κ2) is 9.07. The number of carbonyl (C=O) groups is 3. The highest BCUT2D eigenvalue weighted by Crippen LogP contribution is 2.30. The van der Waals surface area contributed by atoms with Gasteiger partial charge in [0.2, 0.25) is 5.91 Å². The highest BCUT2D eigenvalue weighted by atomic mass is 16.5. The van der Waals surface area contributed by atoms with E-state index in [2.05, 4.69) is 0 Å². The summed E-state index contributed by atoms with van der Waals surface area (Å²) < 4.78 is 10.7. The van der Waals surface area contributed by atoms with Gasteiger partial charge in [0, 0.05) is 24.6 Å². The molecular formula is C18H24N2O6. The normalized spacial score (nSPS) is 16.8. The average molecular weight is 364 g/mol. The highest BCUT2D eigenvalue weighted by molar-refractivity contribution is 5.95. The van der Waals surface area contributed by atoms with Gasteiger partial charge in [-0.1, -0.05) is 0 Å². The number of carboxylic acid groups (broad SMARTS) is 1. The molecule has 0 aliphatic carbocycles. The number of primary amides is 1. The fraction of sp³-hybridized carbons (Fsp3) is 0.500. The Kier molecular flexibility index (Phi) is 6.82. The molecule has 0 radical (unpaired) electrons. The molecule has 1 fully saturated rings. The van der Waals surface area contributed by atoms with Gasteiger partial charge in [0.05, 0.1) is 6.61 Å². The third-order valence-electron chi connectivity index (χ3n) is 4.17. The van der Waals surface area contributed by atoms with E-state index in [1.54, 1.807) is 24.0 Å². The topological polar surface area (TPSA) is 119 Å². The minimum atomic E-state index is -1.10. The molecule has 0 aromatic heterocycles. The van der Waals surface area contributed by atoms with Gasteiger partial charge >= 0.3 is 5.97 Å². The number of amides is 2. The molecule has 1 aromatic rings. The summed E-state index contributed by atoms with van der Waals surface area (Å²) in [5.74, 6) is -1.17. The number of benzene rings is 1. The third-order valence-corrected chi connectivity index (χ3v) is 4.17. The number of rotatable bonds is 8. The zero-order valence-electron chi connectivity index (χ0n) is 14.8. The Morgan fingerprint density at radius 3 is 2.65 bits per heavy atom. The van der Waals surface area contributed by atoms with Crippen molar-refractivity contribution in [3.05, 3.63) is 23.8 Å². The molecule has 0 unspecified atom stereocenters. The van der Waals surface area contributed by atoms with E-state index in [9.17, 15) is 14.4 Å². The molecule has 0 spiro atoms. The van der Waals surface area contributed by atoms with E-state index in [0.717, 1.165) is 19.3 Å². The van der Waals surface area contributed by atoms with Crippen molar-refractivity contribution < 1.29 is 29.0 Å². The van der Waals surface area contributed by atoms with Crippen LogP contribution < -0.4 is 15.2 Å². The van der Waals surface area contributed by atoms with Crippen molar-refractivity contribution in [3.63, 3.8) is 0 Å². The maximum Gasteiger partial charge on any atom is 0.341 e. The van der Waals surface area contributed by atoms with Crippen LogP contribution in [0.1, 0.15) is 43.0 Å². The van der Waals surface area contributed by atoms with Crippen molar-refractivity contribution in [1.82, 2.24) is 4.90 Å². The summed E-state index contributed by atoms with van der Waals surface area (Å²) >= 11 is 0. The van der Waals surface area contributed by atoms with Crippen LogP contribution in [0.3, 0.4) is 0 Å². The molecule has 3 N–H and O–H groups in total. The Labute approximate surface area is 151 Å². The monoisotopic (exact) mass is 364 g/mol. The number of carbonyl (C=O) groups excluding carboxylic acids is 2. The van der Waals surface area contributed by atoms with E-state index in [1.807, 2.05) is 0 Å². The standard InChI is InChI=1S/C18H24N2O6/c1-2-25-15-9-12(6-7-14(15)26-11-17(22)23)18(24)20-8-4-3-5-13(20)10-16(19)21/h6-7,9,13H,2-5,8,10-11H2,1H3,(H2,19,21)(H,22,23)/t13-/m1/s1. The molecule has 1 aliphatic heterocycles. The van der Waals surface area contributed by atoms with Crippen molar-refractivity contribution in [3.8, 4) is 11.5 Å². The number of piperidine rings is 1. The van der Waals surface area contributed by atoms with Crippen LogP contribution in [0.15, 0.2) is 18.2 Å². The van der Waals surface area contributed by atoms with E-state index in [-0.39, 0.29) is 24.1 Å². The second-order valence-electron chi connectivity index (χ2n) is 6.10. The minimum absolute atomic E-state index is 0.143. The highest BCUT2D eigenvalue weighted by Gasteiger charge is 2.29. The number of nitrogens with two attached hydrogens (primary N) is 1.